The lowest BCUT2D eigenvalue weighted by atomic mass is 10.2. The Morgan fingerprint density at radius 1 is 1.53 bits per heavy atom. The Kier molecular flexibility index (Phi) is 3.28. The summed E-state index contributed by atoms with van der Waals surface area (Å²) < 4.78 is 0. The van der Waals surface area contributed by atoms with Crippen LogP contribution < -0.4 is 10.2 Å². The first-order valence-electron chi connectivity index (χ1n) is 5.70. The molecule has 2 N–H and O–H groups in total. The minimum atomic E-state index is -0.541. The normalized spacial score (nSPS) is 23.8. The van der Waals surface area contributed by atoms with Gasteiger partial charge in [-0.25, -0.2) is 4.98 Å². The molecule has 1 aliphatic heterocycles. The van der Waals surface area contributed by atoms with Crippen molar-refractivity contribution in [3.63, 3.8) is 0 Å². The molecule has 5 heteroatoms. The predicted octanol–water partition coefficient (Wildman–Crippen LogP) is 0.0756. The largest absolute Gasteiger partial charge is 0.389 e. The van der Waals surface area contributed by atoms with E-state index in [4.69, 9.17) is 0 Å². The second-order valence-electron chi connectivity index (χ2n) is 4.42. The molecular weight excluding hydrogens is 218 g/mol. The van der Waals surface area contributed by atoms with Crippen LogP contribution in [-0.2, 0) is 4.79 Å². The van der Waals surface area contributed by atoms with Gasteiger partial charge in [-0.3, -0.25) is 4.79 Å². The van der Waals surface area contributed by atoms with E-state index in [9.17, 15) is 9.90 Å². The zero-order valence-corrected chi connectivity index (χ0v) is 10.1. The predicted molar refractivity (Wildman–Crippen MR) is 64.8 cm³/mol. The number of nitrogens with one attached hydrogen (secondary N) is 1. The number of hydrogen-bond acceptors (Lipinski definition) is 4. The first-order valence-corrected chi connectivity index (χ1v) is 5.70. The summed E-state index contributed by atoms with van der Waals surface area (Å²) in [5.74, 6) is 0.727. The van der Waals surface area contributed by atoms with Crippen LogP contribution in [0.5, 0.6) is 0 Å². The molecule has 1 aromatic rings. The Hall–Kier alpha value is -1.62. The van der Waals surface area contributed by atoms with Crippen molar-refractivity contribution >= 4 is 11.7 Å². The lowest BCUT2D eigenvalue weighted by Crippen LogP contribution is -2.41. The van der Waals surface area contributed by atoms with Crippen LogP contribution in [0.1, 0.15) is 12.6 Å². The number of anilines is 1. The number of aliphatic hydroxyl groups is 1. The van der Waals surface area contributed by atoms with Gasteiger partial charge in [-0.15, -0.1) is 0 Å². The van der Waals surface area contributed by atoms with E-state index in [0.717, 1.165) is 11.5 Å². The first-order chi connectivity index (χ1) is 8.06. The molecule has 1 aromatic heterocycles. The average molecular weight is 235 g/mol. The Morgan fingerprint density at radius 2 is 2.29 bits per heavy atom. The van der Waals surface area contributed by atoms with Crippen molar-refractivity contribution in [2.75, 3.05) is 18.0 Å². The Labute approximate surface area is 100 Å². The van der Waals surface area contributed by atoms with Gasteiger partial charge in [-0.1, -0.05) is 6.07 Å². The maximum absolute atomic E-state index is 11.0. The van der Waals surface area contributed by atoms with E-state index in [0.29, 0.717) is 13.1 Å². The molecule has 92 valence electrons. The highest BCUT2D eigenvalue weighted by Crippen LogP contribution is 2.18. The summed E-state index contributed by atoms with van der Waals surface area (Å²) in [7, 11) is 0. The number of aryl methyl sites for hydroxylation is 1. The SMILES string of the molecule is CC(=O)N[C@@H]1CN(c2cccc(C)n2)C[C@H]1O. The summed E-state index contributed by atoms with van der Waals surface area (Å²) in [6.07, 6.45) is -0.541. The van der Waals surface area contributed by atoms with Gasteiger partial charge >= 0.3 is 0 Å². The van der Waals surface area contributed by atoms with Gasteiger partial charge in [0.15, 0.2) is 0 Å². The number of aromatic nitrogens is 1. The molecule has 1 saturated heterocycles. The molecule has 0 spiro atoms. The lowest BCUT2D eigenvalue weighted by molar-refractivity contribution is -0.120. The van der Waals surface area contributed by atoms with Crippen molar-refractivity contribution in [1.29, 1.82) is 0 Å². The minimum absolute atomic E-state index is 0.117. The molecule has 0 radical (unpaired) electrons. The molecule has 0 bridgehead atoms. The highest BCUT2D eigenvalue weighted by atomic mass is 16.3. The van der Waals surface area contributed by atoms with E-state index >= 15 is 0 Å². The Morgan fingerprint density at radius 3 is 2.94 bits per heavy atom. The number of hydrogen-bond donors (Lipinski definition) is 2. The maximum Gasteiger partial charge on any atom is 0.217 e. The Bertz CT molecular complexity index is 422. The third-order valence-electron chi connectivity index (χ3n) is 2.88. The minimum Gasteiger partial charge on any atom is -0.389 e. The Balaban J connectivity index is 2.08. The van der Waals surface area contributed by atoms with Crippen LogP contribution in [0, 0.1) is 6.92 Å². The topological polar surface area (TPSA) is 65.5 Å². The summed E-state index contributed by atoms with van der Waals surface area (Å²) in [4.78, 5) is 17.4. The number of β-amino-alcohol motifs (C(OH)–C–C–N with tert-alkyl or cyclic N) is 1. The van der Waals surface area contributed by atoms with E-state index in [2.05, 4.69) is 10.3 Å². The number of aliphatic hydroxyl groups excluding tert-OH is 1. The third kappa shape index (κ3) is 2.74. The molecule has 5 nitrogen and oxygen atoms in total. The van der Waals surface area contributed by atoms with Crippen molar-refractivity contribution in [2.45, 2.75) is 26.0 Å². The van der Waals surface area contributed by atoms with Gasteiger partial charge in [0, 0.05) is 25.7 Å². The van der Waals surface area contributed by atoms with E-state index in [1.807, 2.05) is 30.0 Å². The molecule has 0 saturated carbocycles. The molecular formula is C12H17N3O2. The van der Waals surface area contributed by atoms with Crippen LogP contribution in [0.4, 0.5) is 5.82 Å². The van der Waals surface area contributed by atoms with E-state index < -0.39 is 6.10 Å². The van der Waals surface area contributed by atoms with E-state index in [1.54, 1.807) is 0 Å². The highest BCUT2D eigenvalue weighted by Gasteiger charge is 2.32. The number of nitrogens with zero attached hydrogens (tertiary/aromatic N) is 2. The van der Waals surface area contributed by atoms with Crippen LogP contribution in [0.25, 0.3) is 0 Å². The summed E-state index contributed by atoms with van der Waals surface area (Å²) in [5.41, 5.74) is 0.944. The smallest absolute Gasteiger partial charge is 0.217 e. The van der Waals surface area contributed by atoms with Crippen LogP contribution in [0.2, 0.25) is 0 Å². The summed E-state index contributed by atoms with van der Waals surface area (Å²) in [6, 6.07) is 5.57. The molecule has 2 atom stereocenters. The molecule has 0 aromatic carbocycles. The monoisotopic (exact) mass is 235 g/mol. The molecule has 0 aliphatic carbocycles. The summed E-state index contributed by atoms with van der Waals surface area (Å²) in [6.45, 7) is 4.49. The van der Waals surface area contributed by atoms with Crippen molar-refractivity contribution in [3.05, 3.63) is 23.9 Å². The third-order valence-corrected chi connectivity index (χ3v) is 2.88. The van der Waals surface area contributed by atoms with Crippen molar-refractivity contribution < 1.29 is 9.90 Å². The van der Waals surface area contributed by atoms with Crippen LogP contribution >= 0.6 is 0 Å². The first kappa shape index (κ1) is 11.9. The number of pyridine rings is 1. The van der Waals surface area contributed by atoms with Crippen LogP contribution in [0.15, 0.2) is 18.2 Å². The second-order valence-corrected chi connectivity index (χ2v) is 4.42. The van der Waals surface area contributed by atoms with Gasteiger partial charge in [0.2, 0.25) is 5.91 Å². The summed E-state index contributed by atoms with van der Waals surface area (Å²) >= 11 is 0. The van der Waals surface area contributed by atoms with Crippen LogP contribution in [-0.4, -0.2) is 41.2 Å². The van der Waals surface area contributed by atoms with Gasteiger partial charge in [0.25, 0.3) is 0 Å². The lowest BCUT2D eigenvalue weighted by Gasteiger charge is -2.17. The number of carbonyl (C=O) groups excluding carboxylic acids is 1. The quantitative estimate of drug-likeness (QED) is 0.761. The van der Waals surface area contributed by atoms with E-state index in [1.165, 1.54) is 6.92 Å². The zero-order valence-electron chi connectivity index (χ0n) is 10.1. The van der Waals surface area contributed by atoms with Gasteiger partial charge in [0.1, 0.15) is 5.82 Å². The molecule has 2 rings (SSSR count). The number of carbonyl (C=O) groups is 1. The molecule has 0 unspecified atom stereocenters. The molecule has 1 aliphatic rings. The van der Waals surface area contributed by atoms with Crippen molar-refractivity contribution in [1.82, 2.24) is 10.3 Å². The fraction of sp³-hybridized carbons (Fsp3) is 0.500. The standard InChI is InChI=1S/C12H17N3O2/c1-8-4-3-5-12(13-8)15-6-10(11(17)7-15)14-9(2)16/h3-5,10-11,17H,6-7H2,1-2H3,(H,14,16)/t10-,11-/m1/s1. The van der Waals surface area contributed by atoms with Gasteiger partial charge in [0.05, 0.1) is 12.1 Å². The fourth-order valence-corrected chi connectivity index (χ4v) is 2.08. The molecule has 1 amide bonds. The van der Waals surface area contributed by atoms with Gasteiger partial charge in [-0.05, 0) is 19.1 Å². The zero-order chi connectivity index (χ0) is 12.4. The molecule has 17 heavy (non-hydrogen) atoms. The van der Waals surface area contributed by atoms with Crippen molar-refractivity contribution in [3.8, 4) is 0 Å². The van der Waals surface area contributed by atoms with E-state index in [-0.39, 0.29) is 11.9 Å². The number of rotatable bonds is 2. The highest BCUT2D eigenvalue weighted by molar-refractivity contribution is 5.73. The van der Waals surface area contributed by atoms with Gasteiger partial charge < -0.3 is 15.3 Å². The fourth-order valence-electron chi connectivity index (χ4n) is 2.08. The van der Waals surface area contributed by atoms with Gasteiger partial charge in [-0.2, -0.15) is 0 Å². The van der Waals surface area contributed by atoms with Crippen molar-refractivity contribution in [2.24, 2.45) is 0 Å². The maximum atomic E-state index is 11.0. The number of amides is 1. The van der Waals surface area contributed by atoms with Crippen LogP contribution in [0.3, 0.4) is 0 Å². The molecule has 1 fully saturated rings. The second kappa shape index (κ2) is 4.71. The molecule has 2 heterocycles. The average Bonchev–Trinajstić information content (AvgIpc) is 2.59. The summed E-state index contributed by atoms with van der Waals surface area (Å²) in [5, 5.41) is 12.6.